The second kappa shape index (κ2) is 4.39. The van der Waals surface area contributed by atoms with E-state index in [2.05, 4.69) is 0 Å². The van der Waals surface area contributed by atoms with Crippen molar-refractivity contribution in [1.82, 2.24) is 4.90 Å². The van der Waals surface area contributed by atoms with Crippen molar-refractivity contribution in [3.8, 4) is 0 Å². The monoisotopic (exact) mass is 269 g/mol. The molecular weight excluding hydrogens is 246 g/mol. The minimum atomic E-state index is -0.559. The van der Waals surface area contributed by atoms with E-state index in [9.17, 15) is 9.59 Å². The maximum absolute atomic E-state index is 12.3. The van der Waals surface area contributed by atoms with Crippen LogP contribution in [0.25, 0.3) is 0 Å². The van der Waals surface area contributed by atoms with Crippen LogP contribution in [0.1, 0.15) is 47.0 Å². The Labute approximate surface area is 114 Å². The lowest BCUT2D eigenvalue weighted by molar-refractivity contribution is -0.146. The van der Waals surface area contributed by atoms with E-state index in [4.69, 9.17) is 9.47 Å². The molecule has 5 nitrogen and oxygen atoms in total. The van der Waals surface area contributed by atoms with Gasteiger partial charge in [0.1, 0.15) is 11.6 Å². The van der Waals surface area contributed by atoms with Gasteiger partial charge < -0.3 is 9.47 Å². The summed E-state index contributed by atoms with van der Waals surface area (Å²) in [6.45, 7) is 7.48. The predicted octanol–water partition coefficient (Wildman–Crippen LogP) is 2.34. The molecule has 0 N–H and O–H groups in total. The van der Waals surface area contributed by atoms with Crippen molar-refractivity contribution in [3.63, 3.8) is 0 Å². The molecule has 2 atom stereocenters. The Morgan fingerprint density at radius 1 is 1.26 bits per heavy atom. The highest BCUT2D eigenvalue weighted by atomic mass is 16.6. The van der Waals surface area contributed by atoms with Crippen molar-refractivity contribution in [1.29, 1.82) is 0 Å². The van der Waals surface area contributed by atoms with E-state index in [0.717, 1.165) is 12.8 Å². The van der Waals surface area contributed by atoms with E-state index < -0.39 is 17.7 Å². The third-order valence-corrected chi connectivity index (χ3v) is 4.21. The molecule has 0 bridgehead atoms. The summed E-state index contributed by atoms with van der Waals surface area (Å²) in [5.74, 6) is -0.346. The lowest BCUT2D eigenvalue weighted by Gasteiger charge is -2.30. The van der Waals surface area contributed by atoms with Gasteiger partial charge in [0.25, 0.3) is 0 Å². The predicted molar refractivity (Wildman–Crippen MR) is 69.6 cm³/mol. The lowest BCUT2D eigenvalue weighted by atomic mass is 9.97. The van der Waals surface area contributed by atoms with Crippen LogP contribution in [-0.4, -0.2) is 41.8 Å². The number of carbonyl (C=O) groups excluding carboxylic acids is 2. The first-order chi connectivity index (χ1) is 8.70. The molecule has 2 rings (SSSR count). The minimum absolute atomic E-state index is 0.0337. The van der Waals surface area contributed by atoms with Gasteiger partial charge in [-0.1, -0.05) is 0 Å². The Morgan fingerprint density at radius 2 is 1.84 bits per heavy atom. The summed E-state index contributed by atoms with van der Waals surface area (Å²) >= 11 is 0. The smallest absolute Gasteiger partial charge is 0.411 e. The molecule has 1 aliphatic carbocycles. The van der Waals surface area contributed by atoms with E-state index in [1.165, 1.54) is 7.11 Å². The molecule has 1 amide bonds. The number of ether oxygens (including phenoxy) is 2. The van der Waals surface area contributed by atoms with Gasteiger partial charge in [-0.05, 0) is 52.4 Å². The molecule has 0 radical (unpaired) electrons. The third kappa shape index (κ3) is 2.55. The second-order valence-electron chi connectivity index (χ2n) is 6.67. The maximum Gasteiger partial charge on any atom is 0.411 e. The van der Waals surface area contributed by atoms with Gasteiger partial charge in [0.05, 0.1) is 7.11 Å². The van der Waals surface area contributed by atoms with Gasteiger partial charge in [-0.15, -0.1) is 0 Å². The van der Waals surface area contributed by atoms with Crippen LogP contribution >= 0.6 is 0 Å². The SMILES string of the molecule is COC(=O)[C@@H]1CC2(CC2)C(C)N1C(=O)OC(C)(C)C. The van der Waals surface area contributed by atoms with Gasteiger partial charge in [-0.3, -0.25) is 4.90 Å². The first-order valence-corrected chi connectivity index (χ1v) is 6.79. The van der Waals surface area contributed by atoms with Crippen molar-refractivity contribution in [3.05, 3.63) is 0 Å². The quantitative estimate of drug-likeness (QED) is 0.686. The number of hydrogen-bond acceptors (Lipinski definition) is 4. The van der Waals surface area contributed by atoms with Gasteiger partial charge in [0.2, 0.25) is 0 Å². The van der Waals surface area contributed by atoms with Crippen LogP contribution in [0.15, 0.2) is 0 Å². The zero-order chi connectivity index (χ0) is 14.4. The Hall–Kier alpha value is -1.26. The molecule has 0 aromatic carbocycles. The molecule has 1 unspecified atom stereocenters. The van der Waals surface area contributed by atoms with E-state index in [1.54, 1.807) is 4.90 Å². The van der Waals surface area contributed by atoms with Crippen LogP contribution in [0.4, 0.5) is 4.79 Å². The van der Waals surface area contributed by atoms with Crippen molar-refractivity contribution < 1.29 is 19.1 Å². The number of amides is 1. The topological polar surface area (TPSA) is 55.8 Å². The average molecular weight is 269 g/mol. The van der Waals surface area contributed by atoms with Gasteiger partial charge in [0.15, 0.2) is 0 Å². The fraction of sp³-hybridized carbons (Fsp3) is 0.857. The number of rotatable bonds is 1. The number of esters is 1. The largest absolute Gasteiger partial charge is 0.467 e. The number of likely N-dealkylation sites (tertiary alicyclic amines) is 1. The van der Waals surface area contributed by atoms with Crippen LogP contribution < -0.4 is 0 Å². The number of carbonyl (C=O) groups is 2. The first-order valence-electron chi connectivity index (χ1n) is 6.79. The Morgan fingerprint density at radius 3 is 2.26 bits per heavy atom. The average Bonchev–Trinajstić information content (AvgIpc) is 2.98. The molecule has 1 saturated carbocycles. The van der Waals surface area contributed by atoms with Crippen molar-refractivity contribution in [2.24, 2.45) is 5.41 Å². The molecular formula is C14H23NO4. The van der Waals surface area contributed by atoms with Crippen molar-refractivity contribution in [2.45, 2.75) is 64.6 Å². The van der Waals surface area contributed by atoms with Gasteiger partial charge in [-0.2, -0.15) is 0 Å². The highest BCUT2D eigenvalue weighted by Crippen LogP contribution is 2.59. The minimum Gasteiger partial charge on any atom is -0.467 e. The van der Waals surface area contributed by atoms with E-state index in [1.807, 2.05) is 27.7 Å². The molecule has 1 aliphatic heterocycles. The summed E-state index contributed by atoms with van der Waals surface area (Å²) < 4.78 is 10.2. The van der Waals surface area contributed by atoms with E-state index >= 15 is 0 Å². The lowest BCUT2D eigenvalue weighted by Crippen LogP contribution is -2.47. The second-order valence-corrected chi connectivity index (χ2v) is 6.67. The van der Waals surface area contributed by atoms with Crippen molar-refractivity contribution >= 4 is 12.1 Å². The highest BCUT2D eigenvalue weighted by Gasteiger charge is 2.61. The number of methoxy groups -OCH3 is 1. The van der Waals surface area contributed by atoms with Gasteiger partial charge in [-0.25, -0.2) is 9.59 Å². The molecule has 5 heteroatoms. The summed E-state index contributed by atoms with van der Waals surface area (Å²) in [7, 11) is 1.36. The molecule has 0 aromatic rings. The normalized spacial score (nSPS) is 28.4. The van der Waals surface area contributed by atoms with E-state index in [-0.39, 0.29) is 17.4 Å². The summed E-state index contributed by atoms with van der Waals surface area (Å²) in [6.07, 6.45) is 2.42. The summed E-state index contributed by atoms with van der Waals surface area (Å²) in [6, 6.07) is -0.469. The van der Waals surface area contributed by atoms with Gasteiger partial charge in [0, 0.05) is 6.04 Å². The van der Waals surface area contributed by atoms with E-state index in [0.29, 0.717) is 6.42 Å². The molecule has 108 valence electrons. The fourth-order valence-electron chi connectivity index (χ4n) is 2.93. The molecule has 2 fully saturated rings. The van der Waals surface area contributed by atoms with Crippen molar-refractivity contribution in [2.75, 3.05) is 7.11 Å². The third-order valence-electron chi connectivity index (χ3n) is 4.21. The van der Waals surface area contributed by atoms with Crippen LogP contribution in [0.3, 0.4) is 0 Å². The summed E-state index contributed by atoms with van der Waals surface area (Å²) in [5.41, 5.74) is -0.452. The summed E-state index contributed by atoms with van der Waals surface area (Å²) in [5, 5.41) is 0. The fourth-order valence-corrected chi connectivity index (χ4v) is 2.93. The Bertz CT molecular complexity index is 395. The standard InChI is InChI=1S/C14H23NO4/c1-9-14(6-7-14)8-10(11(16)18-5)15(9)12(17)19-13(2,3)4/h9-10H,6-8H2,1-5H3/t9?,10-/m0/s1. The molecule has 19 heavy (non-hydrogen) atoms. The van der Waals surface area contributed by atoms with Gasteiger partial charge >= 0.3 is 12.1 Å². The van der Waals surface area contributed by atoms with Crippen LogP contribution in [0.5, 0.6) is 0 Å². The molecule has 1 heterocycles. The number of hydrogen-bond donors (Lipinski definition) is 0. The van der Waals surface area contributed by atoms with Crippen LogP contribution in [0.2, 0.25) is 0 Å². The molecule has 1 saturated heterocycles. The van der Waals surface area contributed by atoms with Crippen LogP contribution in [0, 0.1) is 5.41 Å². The Kier molecular flexibility index (Phi) is 3.27. The molecule has 0 aromatic heterocycles. The number of nitrogens with zero attached hydrogens (tertiary/aromatic N) is 1. The molecule has 1 spiro atoms. The first kappa shape index (κ1) is 14.2. The zero-order valence-corrected chi connectivity index (χ0v) is 12.4. The van der Waals surface area contributed by atoms with Crippen LogP contribution in [-0.2, 0) is 14.3 Å². The zero-order valence-electron chi connectivity index (χ0n) is 12.4. The maximum atomic E-state index is 12.3. The molecule has 2 aliphatic rings. The highest BCUT2D eigenvalue weighted by molar-refractivity contribution is 5.83. The summed E-state index contributed by atoms with van der Waals surface area (Å²) in [4.78, 5) is 25.8. The Balaban J connectivity index is 2.19.